The number of ether oxygens (including phenoxy) is 1. The molecule has 0 aliphatic rings. The number of hydrogen-bond donors (Lipinski definition) is 1. The van der Waals surface area contributed by atoms with Crippen LogP contribution >= 0.6 is 15.9 Å². The molecule has 1 N–H and O–H groups in total. The van der Waals surface area contributed by atoms with Crippen molar-refractivity contribution in [1.29, 1.82) is 0 Å². The molecule has 108 valence electrons. The molecule has 0 saturated heterocycles. The molecule has 0 spiro atoms. The second-order valence-electron chi connectivity index (χ2n) is 4.31. The van der Waals surface area contributed by atoms with E-state index in [1.54, 1.807) is 25.4 Å². The maximum atomic E-state index is 11.7. The number of aromatic nitrogens is 1. The van der Waals surface area contributed by atoms with E-state index in [9.17, 15) is 4.79 Å². The van der Waals surface area contributed by atoms with Crippen LogP contribution in [0.2, 0.25) is 0 Å². The highest BCUT2D eigenvalue weighted by Crippen LogP contribution is 2.12. The Morgan fingerprint density at radius 3 is 2.90 bits per heavy atom. The van der Waals surface area contributed by atoms with E-state index in [-0.39, 0.29) is 5.91 Å². The van der Waals surface area contributed by atoms with E-state index in [0.29, 0.717) is 12.4 Å². The Bertz CT molecular complexity index is 639. The molecular weight excluding hydrogens is 332 g/mol. The van der Waals surface area contributed by atoms with Crippen LogP contribution in [0.15, 0.2) is 53.1 Å². The molecule has 1 amide bonds. The fourth-order valence-corrected chi connectivity index (χ4v) is 2.08. The predicted octanol–water partition coefficient (Wildman–Crippen LogP) is 3.18. The van der Waals surface area contributed by atoms with Gasteiger partial charge in [-0.3, -0.25) is 4.79 Å². The zero-order valence-electron chi connectivity index (χ0n) is 11.5. The number of carbonyl (C=O) groups excluding carboxylic acids is 1. The molecule has 2 aromatic rings. The Labute approximate surface area is 132 Å². The van der Waals surface area contributed by atoms with Crippen molar-refractivity contribution in [2.24, 2.45) is 0 Å². The summed E-state index contributed by atoms with van der Waals surface area (Å²) in [5.41, 5.74) is 1.88. The molecule has 0 atom stereocenters. The van der Waals surface area contributed by atoms with Crippen molar-refractivity contribution in [3.63, 3.8) is 0 Å². The molecule has 1 aromatic carbocycles. The molecule has 0 aliphatic heterocycles. The van der Waals surface area contributed by atoms with Crippen LogP contribution in [0.5, 0.6) is 5.88 Å². The number of hydrogen-bond acceptors (Lipinski definition) is 3. The van der Waals surface area contributed by atoms with Crippen LogP contribution in [0.25, 0.3) is 6.08 Å². The first-order valence-corrected chi connectivity index (χ1v) is 7.17. The highest BCUT2D eigenvalue weighted by molar-refractivity contribution is 9.10. The Morgan fingerprint density at radius 2 is 2.24 bits per heavy atom. The number of amides is 1. The third-order valence-electron chi connectivity index (χ3n) is 2.75. The normalized spacial score (nSPS) is 10.6. The minimum atomic E-state index is -0.147. The number of methoxy groups -OCH3 is 1. The molecule has 1 aromatic heterocycles. The molecular formula is C16H15BrN2O2. The maximum Gasteiger partial charge on any atom is 0.244 e. The third kappa shape index (κ3) is 5.04. The van der Waals surface area contributed by atoms with E-state index in [1.807, 2.05) is 30.3 Å². The van der Waals surface area contributed by atoms with Gasteiger partial charge in [0, 0.05) is 29.4 Å². The molecule has 5 heteroatoms. The second-order valence-corrected chi connectivity index (χ2v) is 5.23. The number of carbonyl (C=O) groups is 1. The lowest BCUT2D eigenvalue weighted by molar-refractivity contribution is -0.116. The Kier molecular flexibility index (Phi) is 5.51. The van der Waals surface area contributed by atoms with Gasteiger partial charge in [-0.25, -0.2) is 4.98 Å². The standard InChI is InChI=1S/C16H15BrN2O2/c1-21-16-8-6-13(11-19-16)10-18-15(20)7-5-12-3-2-4-14(17)9-12/h2-9,11H,10H2,1H3,(H,18,20)/b7-5+. The van der Waals surface area contributed by atoms with Gasteiger partial charge in [0.1, 0.15) is 0 Å². The van der Waals surface area contributed by atoms with Gasteiger partial charge in [-0.1, -0.05) is 34.1 Å². The van der Waals surface area contributed by atoms with E-state index < -0.39 is 0 Å². The van der Waals surface area contributed by atoms with Crippen LogP contribution in [-0.2, 0) is 11.3 Å². The summed E-state index contributed by atoms with van der Waals surface area (Å²) < 4.78 is 5.96. The smallest absolute Gasteiger partial charge is 0.244 e. The summed E-state index contributed by atoms with van der Waals surface area (Å²) in [5, 5.41) is 2.80. The summed E-state index contributed by atoms with van der Waals surface area (Å²) in [6, 6.07) is 11.4. The van der Waals surface area contributed by atoms with Crippen LogP contribution < -0.4 is 10.1 Å². The van der Waals surface area contributed by atoms with Crippen molar-refractivity contribution in [3.8, 4) is 5.88 Å². The Morgan fingerprint density at radius 1 is 1.38 bits per heavy atom. The number of nitrogens with zero attached hydrogens (tertiary/aromatic N) is 1. The van der Waals surface area contributed by atoms with Crippen LogP contribution in [0, 0.1) is 0 Å². The van der Waals surface area contributed by atoms with Crippen molar-refractivity contribution in [3.05, 3.63) is 64.3 Å². The van der Waals surface area contributed by atoms with Gasteiger partial charge in [-0.15, -0.1) is 0 Å². The van der Waals surface area contributed by atoms with Gasteiger partial charge in [0.2, 0.25) is 11.8 Å². The maximum absolute atomic E-state index is 11.7. The topological polar surface area (TPSA) is 51.2 Å². The highest BCUT2D eigenvalue weighted by Gasteiger charge is 1.98. The summed E-state index contributed by atoms with van der Waals surface area (Å²) >= 11 is 3.39. The Hall–Kier alpha value is -2.14. The number of halogens is 1. The molecule has 21 heavy (non-hydrogen) atoms. The quantitative estimate of drug-likeness (QED) is 0.846. The summed E-state index contributed by atoms with van der Waals surface area (Å²) in [6.07, 6.45) is 4.96. The lowest BCUT2D eigenvalue weighted by Gasteiger charge is -2.03. The van der Waals surface area contributed by atoms with Crippen LogP contribution in [-0.4, -0.2) is 18.0 Å². The van der Waals surface area contributed by atoms with Gasteiger partial charge in [0.05, 0.1) is 7.11 Å². The average molecular weight is 347 g/mol. The van der Waals surface area contributed by atoms with E-state index in [1.165, 1.54) is 6.08 Å². The second kappa shape index (κ2) is 7.59. The molecule has 0 unspecified atom stereocenters. The molecule has 0 bridgehead atoms. The first-order chi connectivity index (χ1) is 10.2. The van der Waals surface area contributed by atoms with Crippen molar-refractivity contribution in [2.45, 2.75) is 6.54 Å². The first kappa shape index (κ1) is 15.3. The van der Waals surface area contributed by atoms with Gasteiger partial charge in [0.15, 0.2) is 0 Å². The molecule has 0 radical (unpaired) electrons. The zero-order chi connectivity index (χ0) is 15.1. The fourth-order valence-electron chi connectivity index (χ4n) is 1.67. The summed E-state index contributed by atoms with van der Waals surface area (Å²) in [4.78, 5) is 15.8. The van der Waals surface area contributed by atoms with Crippen LogP contribution in [0.3, 0.4) is 0 Å². The van der Waals surface area contributed by atoms with Crippen molar-refractivity contribution >= 4 is 27.9 Å². The van der Waals surface area contributed by atoms with E-state index in [2.05, 4.69) is 26.2 Å². The van der Waals surface area contributed by atoms with Gasteiger partial charge in [-0.2, -0.15) is 0 Å². The number of nitrogens with one attached hydrogen (secondary N) is 1. The van der Waals surface area contributed by atoms with Crippen molar-refractivity contribution in [2.75, 3.05) is 7.11 Å². The van der Waals surface area contributed by atoms with E-state index >= 15 is 0 Å². The van der Waals surface area contributed by atoms with Crippen LogP contribution in [0.4, 0.5) is 0 Å². The molecule has 0 saturated carbocycles. The molecule has 0 aliphatic carbocycles. The molecule has 4 nitrogen and oxygen atoms in total. The van der Waals surface area contributed by atoms with Gasteiger partial charge >= 0.3 is 0 Å². The molecule has 2 rings (SSSR count). The molecule has 0 fully saturated rings. The van der Waals surface area contributed by atoms with Crippen LogP contribution in [0.1, 0.15) is 11.1 Å². The van der Waals surface area contributed by atoms with Crippen molar-refractivity contribution < 1.29 is 9.53 Å². The SMILES string of the molecule is COc1ccc(CNC(=O)/C=C/c2cccc(Br)c2)cn1. The predicted molar refractivity (Wildman–Crippen MR) is 85.8 cm³/mol. The number of benzene rings is 1. The molecule has 1 heterocycles. The van der Waals surface area contributed by atoms with Crippen molar-refractivity contribution in [1.82, 2.24) is 10.3 Å². The average Bonchev–Trinajstić information content (AvgIpc) is 2.51. The van der Waals surface area contributed by atoms with Gasteiger partial charge in [0.25, 0.3) is 0 Å². The third-order valence-corrected chi connectivity index (χ3v) is 3.24. The van der Waals surface area contributed by atoms with E-state index in [4.69, 9.17) is 4.74 Å². The fraction of sp³-hybridized carbons (Fsp3) is 0.125. The lowest BCUT2D eigenvalue weighted by Crippen LogP contribution is -2.20. The monoisotopic (exact) mass is 346 g/mol. The lowest BCUT2D eigenvalue weighted by atomic mass is 10.2. The van der Waals surface area contributed by atoms with E-state index in [0.717, 1.165) is 15.6 Å². The minimum absolute atomic E-state index is 0.147. The number of pyridine rings is 1. The van der Waals surface area contributed by atoms with Gasteiger partial charge in [-0.05, 0) is 29.3 Å². The summed E-state index contributed by atoms with van der Waals surface area (Å²) in [7, 11) is 1.57. The first-order valence-electron chi connectivity index (χ1n) is 6.38. The number of rotatable bonds is 5. The summed E-state index contributed by atoms with van der Waals surface area (Å²) in [5.74, 6) is 0.408. The zero-order valence-corrected chi connectivity index (χ0v) is 13.1. The van der Waals surface area contributed by atoms with Gasteiger partial charge < -0.3 is 10.1 Å². The highest BCUT2D eigenvalue weighted by atomic mass is 79.9. The Balaban J connectivity index is 1.86. The minimum Gasteiger partial charge on any atom is -0.481 e. The summed E-state index contributed by atoms with van der Waals surface area (Å²) in [6.45, 7) is 0.429. The largest absolute Gasteiger partial charge is 0.481 e.